The van der Waals surface area contributed by atoms with E-state index in [-0.39, 0.29) is 30.1 Å². The van der Waals surface area contributed by atoms with E-state index in [1.807, 2.05) is 6.07 Å². The number of aromatic nitrogens is 1. The van der Waals surface area contributed by atoms with Gasteiger partial charge in [-0.3, -0.25) is 19.4 Å². The second-order valence-electron chi connectivity index (χ2n) is 7.24. The molecule has 150 valence electrons. The van der Waals surface area contributed by atoms with Crippen molar-refractivity contribution in [2.75, 3.05) is 37.6 Å². The normalized spacial score (nSPS) is 19.6. The number of amides is 3. The Bertz CT molecular complexity index is 929. The van der Waals surface area contributed by atoms with Gasteiger partial charge in [-0.2, -0.15) is 0 Å². The molecule has 0 radical (unpaired) electrons. The van der Waals surface area contributed by atoms with Crippen LogP contribution in [0.1, 0.15) is 16.8 Å². The minimum Gasteiger partial charge on any atom is -0.339 e. The lowest BCUT2D eigenvalue weighted by atomic mass is 10.1. The van der Waals surface area contributed by atoms with Gasteiger partial charge >= 0.3 is 0 Å². The van der Waals surface area contributed by atoms with Crippen LogP contribution < -0.4 is 4.90 Å². The quantitative estimate of drug-likeness (QED) is 0.773. The second kappa shape index (κ2) is 8.21. The highest BCUT2D eigenvalue weighted by molar-refractivity contribution is 6.31. The number of hydrogen-bond acceptors (Lipinski definition) is 4. The van der Waals surface area contributed by atoms with Gasteiger partial charge in [-0.15, -0.1) is 0 Å². The highest BCUT2D eigenvalue weighted by Gasteiger charge is 2.38. The summed E-state index contributed by atoms with van der Waals surface area (Å²) >= 11 is 6.03. The van der Waals surface area contributed by atoms with Crippen molar-refractivity contribution in [2.45, 2.75) is 6.42 Å². The maximum atomic E-state index is 12.9. The molecule has 3 heterocycles. The predicted molar refractivity (Wildman–Crippen MR) is 109 cm³/mol. The van der Waals surface area contributed by atoms with Crippen LogP contribution in [0.3, 0.4) is 0 Å². The van der Waals surface area contributed by atoms with Crippen LogP contribution in [-0.4, -0.2) is 65.2 Å². The van der Waals surface area contributed by atoms with E-state index in [9.17, 15) is 14.4 Å². The molecular weight excluding hydrogens is 392 g/mol. The average Bonchev–Trinajstić information content (AvgIpc) is 3.15. The Morgan fingerprint density at radius 2 is 1.69 bits per heavy atom. The predicted octanol–water partition coefficient (Wildman–Crippen LogP) is 2.07. The molecule has 1 atom stereocenters. The van der Waals surface area contributed by atoms with E-state index < -0.39 is 0 Å². The van der Waals surface area contributed by atoms with Gasteiger partial charge in [0.1, 0.15) is 0 Å². The molecule has 0 bridgehead atoms. The summed E-state index contributed by atoms with van der Waals surface area (Å²) in [5.41, 5.74) is 1.31. The number of hydrogen-bond donors (Lipinski definition) is 0. The zero-order valence-corrected chi connectivity index (χ0v) is 16.6. The third-order valence-corrected chi connectivity index (χ3v) is 5.64. The molecule has 2 saturated heterocycles. The minimum absolute atomic E-state index is 0.0288. The smallest absolute Gasteiger partial charge is 0.254 e. The monoisotopic (exact) mass is 412 g/mol. The number of rotatable bonds is 3. The molecule has 2 aliphatic rings. The van der Waals surface area contributed by atoms with E-state index >= 15 is 0 Å². The van der Waals surface area contributed by atoms with Crippen LogP contribution in [0, 0.1) is 5.92 Å². The van der Waals surface area contributed by atoms with E-state index in [0.717, 1.165) is 0 Å². The molecule has 4 rings (SSSR count). The standard InChI is InChI=1S/C21H21ClN4O3/c22-17-2-1-3-18(13-17)26-14-16(12-19(26)27)21(29)25-10-8-24(9-11-25)20(28)15-4-6-23-7-5-15/h1-7,13,16H,8-12,14H2/t16-/m1/s1. The molecule has 0 spiro atoms. The van der Waals surface area contributed by atoms with Gasteiger partial charge in [-0.25, -0.2) is 0 Å². The molecule has 2 aromatic rings. The summed E-state index contributed by atoms with van der Waals surface area (Å²) in [7, 11) is 0. The number of piperazine rings is 1. The van der Waals surface area contributed by atoms with Crippen LogP contribution in [0.2, 0.25) is 5.02 Å². The molecule has 8 heteroatoms. The molecule has 1 aromatic carbocycles. The van der Waals surface area contributed by atoms with E-state index in [1.54, 1.807) is 57.4 Å². The van der Waals surface area contributed by atoms with Crippen molar-refractivity contribution in [1.29, 1.82) is 0 Å². The lowest BCUT2D eigenvalue weighted by Gasteiger charge is -2.36. The highest BCUT2D eigenvalue weighted by Crippen LogP contribution is 2.28. The summed E-state index contributed by atoms with van der Waals surface area (Å²) in [4.78, 5) is 47.0. The lowest BCUT2D eigenvalue weighted by Crippen LogP contribution is -2.52. The number of benzene rings is 1. The molecule has 0 saturated carbocycles. The zero-order chi connectivity index (χ0) is 20.4. The Labute approximate surface area is 173 Å². The fourth-order valence-electron chi connectivity index (χ4n) is 3.83. The van der Waals surface area contributed by atoms with Gasteiger partial charge in [0, 0.05) is 67.8 Å². The number of pyridine rings is 1. The van der Waals surface area contributed by atoms with E-state index in [1.165, 1.54) is 0 Å². The number of halogens is 1. The third kappa shape index (κ3) is 4.10. The van der Waals surface area contributed by atoms with E-state index in [4.69, 9.17) is 11.6 Å². The molecule has 2 fully saturated rings. The molecule has 0 unspecified atom stereocenters. The third-order valence-electron chi connectivity index (χ3n) is 5.40. The Kier molecular flexibility index (Phi) is 5.49. The minimum atomic E-state index is -0.371. The van der Waals surface area contributed by atoms with Gasteiger partial charge in [0.2, 0.25) is 11.8 Å². The van der Waals surface area contributed by atoms with Crippen LogP contribution in [0.15, 0.2) is 48.8 Å². The van der Waals surface area contributed by atoms with Crippen LogP contribution in [0.25, 0.3) is 0 Å². The Morgan fingerprint density at radius 3 is 2.38 bits per heavy atom. The van der Waals surface area contributed by atoms with Gasteiger partial charge in [-0.05, 0) is 30.3 Å². The van der Waals surface area contributed by atoms with Crippen molar-refractivity contribution < 1.29 is 14.4 Å². The van der Waals surface area contributed by atoms with Gasteiger partial charge in [0.05, 0.1) is 5.92 Å². The number of anilines is 1. The fraction of sp³-hybridized carbons (Fsp3) is 0.333. The number of nitrogens with zero attached hydrogens (tertiary/aromatic N) is 4. The van der Waals surface area contributed by atoms with Crippen LogP contribution in [0.5, 0.6) is 0 Å². The average molecular weight is 413 g/mol. The molecule has 0 aliphatic carbocycles. The molecular formula is C21H21ClN4O3. The van der Waals surface area contributed by atoms with Crippen molar-refractivity contribution in [3.63, 3.8) is 0 Å². The Morgan fingerprint density at radius 1 is 1.00 bits per heavy atom. The maximum absolute atomic E-state index is 12.9. The summed E-state index contributed by atoms with van der Waals surface area (Å²) < 4.78 is 0. The summed E-state index contributed by atoms with van der Waals surface area (Å²) in [5.74, 6) is -0.525. The second-order valence-corrected chi connectivity index (χ2v) is 7.68. The number of carbonyl (C=O) groups is 3. The molecule has 1 aromatic heterocycles. The van der Waals surface area contributed by atoms with Crippen molar-refractivity contribution in [2.24, 2.45) is 5.92 Å². The fourth-order valence-corrected chi connectivity index (χ4v) is 4.02. The van der Waals surface area contributed by atoms with Crippen molar-refractivity contribution in [3.05, 3.63) is 59.4 Å². The lowest BCUT2D eigenvalue weighted by molar-refractivity contribution is -0.137. The summed E-state index contributed by atoms with van der Waals surface area (Å²) in [6, 6.07) is 10.5. The topological polar surface area (TPSA) is 73.8 Å². The molecule has 29 heavy (non-hydrogen) atoms. The van der Waals surface area contributed by atoms with Gasteiger partial charge in [0.25, 0.3) is 5.91 Å². The van der Waals surface area contributed by atoms with Crippen molar-refractivity contribution in [1.82, 2.24) is 14.8 Å². The van der Waals surface area contributed by atoms with Gasteiger partial charge < -0.3 is 14.7 Å². The summed E-state index contributed by atoms with van der Waals surface area (Å²) in [6.45, 7) is 2.25. The summed E-state index contributed by atoms with van der Waals surface area (Å²) in [6.07, 6.45) is 3.38. The molecule has 3 amide bonds. The Balaban J connectivity index is 1.35. The van der Waals surface area contributed by atoms with Crippen molar-refractivity contribution >= 4 is 35.0 Å². The maximum Gasteiger partial charge on any atom is 0.254 e. The molecule has 2 aliphatic heterocycles. The first-order chi connectivity index (χ1) is 14.0. The SMILES string of the molecule is O=C(c1ccncc1)N1CCN(C(=O)[C@@H]2CC(=O)N(c3cccc(Cl)c3)C2)CC1. The summed E-state index contributed by atoms with van der Waals surface area (Å²) in [5, 5.41) is 0.556. The zero-order valence-electron chi connectivity index (χ0n) is 15.8. The molecule has 0 N–H and O–H groups in total. The first-order valence-electron chi connectivity index (χ1n) is 9.57. The first kappa shape index (κ1) is 19.4. The van der Waals surface area contributed by atoms with E-state index in [2.05, 4.69) is 4.98 Å². The van der Waals surface area contributed by atoms with E-state index in [0.29, 0.717) is 49.0 Å². The van der Waals surface area contributed by atoms with Gasteiger partial charge in [-0.1, -0.05) is 17.7 Å². The van der Waals surface area contributed by atoms with Crippen LogP contribution in [-0.2, 0) is 9.59 Å². The largest absolute Gasteiger partial charge is 0.339 e. The number of carbonyl (C=O) groups excluding carboxylic acids is 3. The molecule has 7 nitrogen and oxygen atoms in total. The van der Waals surface area contributed by atoms with Crippen LogP contribution in [0.4, 0.5) is 5.69 Å². The van der Waals surface area contributed by atoms with Gasteiger partial charge in [0.15, 0.2) is 0 Å². The van der Waals surface area contributed by atoms with Crippen molar-refractivity contribution in [3.8, 4) is 0 Å². The first-order valence-corrected chi connectivity index (χ1v) is 9.95. The highest BCUT2D eigenvalue weighted by atomic mass is 35.5. The Hall–Kier alpha value is -2.93. The van der Waals surface area contributed by atoms with Crippen LogP contribution >= 0.6 is 11.6 Å².